The Balaban J connectivity index is 1.69. The van der Waals surface area contributed by atoms with E-state index >= 15 is 0 Å². The molecule has 6 heteroatoms. The predicted molar refractivity (Wildman–Crippen MR) is 74.3 cm³/mol. The van der Waals surface area contributed by atoms with Crippen LogP contribution in [0.4, 0.5) is 4.39 Å². The zero-order valence-electron chi connectivity index (χ0n) is 12.8. The van der Waals surface area contributed by atoms with Crippen molar-refractivity contribution in [3.05, 3.63) is 0 Å². The molecule has 3 heterocycles. The molecule has 3 aliphatic heterocycles. The summed E-state index contributed by atoms with van der Waals surface area (Å²) in [4.78, 5) is 26.5. The molecule has 0 aromatic carbocycles. The van der Waals surface area contributed by atoms with Gasteiger partial charge in [-0.2, -0.15) is 0 Å². The fourth-order valence-corrected chi connectivity index (χ4v) is 3.64. The minimum Gasteiger partial charge on any atom is -0.379 e. The van der Waals surface area contributed by atoms with Crippen LogP contribution in [0.2, 0.25) is 0 Å². The van der Waals surface area contributed by atoms with Crippen LogP contribution in [0.25, 0.3) is 0 Å². The molecule has 2 amide bonds. The second-order valence-electron chi connectivity index (χ2n) is 7.35. The Morgan fingerprint density at radius 1 is 1.33 bits per heavy atom. The van der Waals surface area contributed by atoms with E-state index in [1.54, 1.807) is 0 Å². The minimum absolute atomic E-state index is 0.00576. The first kappa shape index (κ1) is 14.8. The van der Waals surface area contributed by atoms with E-state index in [9.17, 15) is 14.0 Å². The van der Waals surface area contributed by atoms with Gasteiger partial charge in [0.2, 0.25) is 5.91 Å². The molecule has 3 aliphatic rings. The molecule has 3 saturated heterocycles. The van der Waals surface area contributed by atoms with Gasteiger partial charge in [0.25, 0.3) is 5.91 Å². The molecule has 118 valence electrons. The lowest BCUT2D eigenvalue weighted by molar-refractivity contribution is -0.170. The fourth-order valence-electron chi connectivity index (χ4n) is 3.64. The van der Waals surface area contributed by atoms with Crippen LogP contribution in [0.15, 0.2) is 0 Å². The molecule has 0 radical (unpaired) electrons. The zero-order chi connectivity index (χ0) is 15.4. The number of nitrogens with zero attached hydrogens (tertiary/aromatic N) is 1. The molecule has 0 unspecified atom stereocenters. The van der Waals surface area contributed by atoms with Crippen molar-refractivity contribution in [1.82, 2.24) is 10.2 Å². The third kappa shape index (κ3) is 2.33. The van der Waals surface area contributed by atoms with E-state index < -0.39 is 17.0 Å². The summed E-state index contributed by atoms with van der Waals surface area (Å²) in [6, 6.07) is 0.0546. The van der Waals surface area contributed by atoms with Gasteiger partial charge >= 0.3 is 0 Å². The third-order valence-corrected chi connectivity index (χ3v) is 4.99. The molecule has 21 heavy (non-hydrogen) atoms. The fraction of sp³-hybridized carbons (Fsp3) is 0.867. The van der Waals surface area contributed by atoms with Crippen molar-refractivity contribution < 1.29 is 18.7 Å². The molecule has 0 aliphatic carbocycles. The summed E-state index contributed by atoms with van der Waals surface area (Å²) in [5.74, 6) is -0.469. The van der Waals surface area contributed by atoms with Gasteiger partial charge in [0.15, 0.2) is 5.67 Å². The molecule has 3 fully saturated rings. The van der Waals surface area contributed by atoms with E-state index in [-0.39, 0.29) is 24.0 Å². The van der Waals surface area contributed by atoms with Gasteiger partial charge in [0.1, 0.15) is 0 Å². The van der Waals surface area contributed by atoms with Gasteiger partial charge in [0.05, 0.1) is 30.7 Å². The number of amides is 2. The topological polar surface area (TPSA) is 58.6 Å². The van der Waals surface area contributed by atoms with Gasteiger partial charge in [-0.05, 0) is 40.0 Å². The number of ether oxygens (including phenoxy) is 1. The van der Waals surface area contributed by atoms with Crippen molar-refractivity contribution in [2.75, 3.05) is 13.2 Å². The average molecular weight is 298 g/mol. The van der Waals surface area contributed by atoms with Gasteiger partial charge in [-0.25, -0.2) is 4.39 Å². The maximum absolute atomic E-state index is 13.7. The highest BCUT2D eigenvalue weighted by molar-refractivity contribution is 5.86. The first-order valence-corrected chi connectivity index (χ1v) is 7.63. The highest BCUT2D eigenvalue weighted by Crippen LogP contribution is 2.42. The van der Waals surface area contributed by atoms with Crippen molar-refractivity contribution in [2.45, 2.75) is 63.8 Å². The molecular formula is C15H23FN2O3. The highest BCUT2D eigenvalue weighted by Gasteiger charge is 2.54. The van der Waals surface area contributed by atoms with Gasteiger partial charge in [-0.15, -0.1) is 0 Å². The van der Waals surface area contributed by atoms with Crippen LogP contribution < -0.4 is 5.32 Å². The van der Waals surface area contributed by atoms with E-state index in [1.165, 1.54) is 13.8 Å². The van der Waals surface area contributed by atoms with E-state index in [0.29, 0.717) is 13.2 Å². The van der Waals surface area contributed by atoms with E-state index in [2.05, 4.69) is 5.32 Å². The predicted octanol–water partition coefficient (Wildman–Crippen LogP) is 1.02. The van der Waals surface area contributed by atoms with E-state index in [4.69, 9.17) is 4.74 Å². The Bertz CT molecular complexity index is 470. The third-order valence-electron chi connectivity index (χ3n) is 4.99. The van der Waals surface area contributed by atoms with Crippen LogP contribution in [0.1, 0.15) is 40.0 Å². The number of alkyl halides is 1. The molecule has 1 N–H and O–H groups in total. The van der Waals surface area contributed by atoms with Crippen LogP contribution in [-0.4, -0.2) is 53.7 Å². The first-order chi connectivity index (χ1) is 9.72. The van der Waals surface area contributed by atoms with Crippen LogP contribution >= 0.6 is 0 Å². The summed E-state index contributed by atoms with van der Waals surface area (Å²) in [7, 11) is 0. The van der Waals surface area contributed by atoms with E-state index in [1.807, 2.05) is 11.8 Å². The molecule has 2 bridgehead atoms. The summed E-state index contributed by atoms with van der Waals surface area (Å²) < 4.78 is 18.9. The summed E-state index contributed by atoms with van der Waals surface area (Å²) >= 11 is 0. The van der Waals surface area contributed by atoms with Crippen LogP contribution in [-0.2, 0) is 14.3 Å². The van der Waals surface area contributed by atoms with Gasteiger partial charge in [-0.3, -0.25) is 9.59 Å². The number of halogens is 1. The number of nitrogens with one attached hydrogen (secondary N) is 1. The minimum atomic E-state index is -1.88. The normalized spacial score (nSPS) is 33.7. The summed E-state index contributed by atoms with van der Waals surface area (Å²) in [5.41, 5.74) is -2.30. The zero-order valence-corrected chi connectivity index (χ0v) is 12.8. The lowest BCUT2D eigenvalue weighted by atomic mass is 9.86. The van der Waals surface area contributed by atoms with Crippen molar-refractivity contribution in [3.63, 3.8) is 0 Å². The largest absolute Gasteiger partial charge is 0.379 e. The molecule has 3 rings (SSSR count). The number of carbonyl (C=O) groups excluding carboxylic acids is 2. The number of carbonyl (C=O) groups is 2. The molecule has 0 aromatic rings. The van der Waals surface area contributed by atoms with E-state index in [0.717, 1.165) is 19.3 Å². The maximum Gasteiger partial charge on any atom is 0.257 e. The Morgan fingerprint density at radius 2 is 2.00 bits per heavy atom. The lowest BCUT2D eigenvalue weighted by Crippen LogP contribution is -2.56. The number of fused-ring (bicyclic) bond motifs is 2. The van der Waals surface area contributed by atoms with Crippen LogP contribution in [0.3, 0.4) is 0 Å². The van der Waals surface area contributed by atoms with Gasteiger partial charge in [0, 0.05) is 6.04 Å². The Kier molecular flexibility index (Phi) is 3.28. The van der Waals surface area contributed by atoms with Crippen molar-refractivity contribution in [3.8, 4) is 0 Å². The van der Waals surface area contributed by atoms with Crippen LogP contribution in [0.5, 0.6) is 0 Å². The summed E-state index contributed by atoms with van der Waals surface area (Å²) in [6.07, 6.45) is 2.58. The average Bonchev–Trinajstić information content (AvgIpc) is 2.91. The quantitative estimate of drug-likeness (QED) is 0.846. The molecule has 0 aromatic heterocycles. The van der Waals surface area contributed by atoms with Crippen LogP contribution in [0, 0.1) is 5.41 Å². The van der Waals surface area contributed by atoms with Crippen molar-refractivity contribution in [2.24, 2.45) is 5.41 Å². The maximum atomic E-state index is 13.7. The van der Waals surface area contributed by atoms with Crippen molar-refractivity contribution >= 4 is 11.8 Å². The molecule has 0 saturated carbocycles. The molecule has 0 spiro atoms. The number of hydrogen-bond acceptors (Lipinski definition) is 3. The Morgan fingerprint density at radius 3 is 2.52 bits per heavy atom. The second-order valence-corrected chi connectivity index (χ2v) is 7.35. The first-order valence-electron chi connectivity index (χ1n) is 7.63. The number of rotatable bonds is 3. The monoisotopic (exact) mass is 298 g/mol. The number of hydrogen-bond donors (Lipinski definition) is 1. The summed E-state index contributed by atoms with van der Waals surface area (Å²) in [5, 5.41) is 2.78. The Labute approximate surface area is 124 Å². The smallest absolute Gasteiger partial charge is 0.257 e. The van der Waals surface area contributed by atoms with Gasteiger partial charge < -0.3 is 15.0 Å². The highest BCUT2D eigenvalue weighted by atomic mass is 19.1. The standard InChI is InChI=1S/C15H23FN2O3/c1-14(2,16)12(19)17-10-6-9-4-5-11(10)18(9)13(20)15(3)7-21-8-15/h9-11H,4-8H2,1-3H3,(H,17,19)/t9-,10+,11+/m0/s1. The lowest BCUT2D eigenvalue weighted by Gasteiger charge is -2.41. The SMILES string of the molecule is CC(C)(F)C(=O)N[C@@H]1C[C@@H]2CC[C@H]1N2C(=O)C1(C)COC1. The van der Waals surface area contributed by atoms with Gasteiger partial charge in [-0.1, -0.05) is 0 Å². The second kappa shape index (κ2) is 4.66. The Hall–Kier alpha value is -1.17. The molecule has 3 atom stereocenters. The van der Waals surface area contributed by atoms with Crippen molar-refractivity contribution in [1.29, 1.82) is 0 Å². The molecular weight excluding hydrogens is 275 g/mol. The summed E-state index contributed by atoms with van der Waals surface area (Å²) in [6.45, 7) is 5.37. The molecule has 5 nitrogen and oxygen atoms in total.